The number of aryl methyl sites for hydroxylation is 1. The van der Waals surface area contributed by atoms with Crippen LogP contribution in [0.15, 0.2) is 24.3 Å². The fourth-order valence-electron chi connectivity index (χ4n) is 1.62. The zero-order valence-electron chi connectivity index (χ0n) is 7.92. The molecule has 0 spiro atoms. The summed E-state index contributed by atoms with van der Waals surface area (Å²) in [5, 5.41) is 1.40. The highest BCUT2D eigenvalue weighted by molar-refractivity contribution is 5.87. The van der Waals surface area contributed by atoms with E-state index in [2.05, 4.69) is 4.98 Å². The highest BCUT2D eigenvalue weighted by atomic mass is 19.1. The summed E-state index contributed by atoms with van der Waals surface area (Å²) in [5.41, 5.74) is 6.34. The molecule has 0 radical (unpaired) electrons. The average molecular weight is 190 g/mol. The molecule has 2 nitrogen and oxygen atoms in total. The molecule has 0 fully saturated rings. The molecule has 1 aromatic heterocycles. The van der Waals surface area contributed by atoms with Crippen LogP contribution in [0.4, 0.5) is 10.2 Å². The van der Waals surface area contributed by atoms with E-state index in [0.29, 0.717) is 17.6 Å². The van der Waals surface area contributed by atoms with Gasteiger partial charge >= 0.3 is 0 Å². The van der Waals surface area contributed by atoms with Gasteiger partial charge in [0, 0.05) is 5.39 Å². The Balaban J connectivity index is 2.88. The monoisotopic (exact) mass is 190 g/mol. The normalized spacial score (nSPS) is 10.7. The van der Waals surface area contributed by atoms with Crippen molar-refractivity contribution in [1.82, 2.24) is 4.98 Å². The van der Waals surface area contributed by atoms with E-state index in [9.17, 15) is 4.39 Å². The van der Waals surface area contributed by atoms with Gasteiger partial charge in [0.15, 0.2) is 0 Å². The summed E-state index contributed by atoms with van der Waals surface area (Å²) >= 11 is 0. The second-order valence-corrected chi connectivity index (χ2v) is 3.19. The smallest absolute Gasteiger partial charge is 0.132 e. The summed E-state index contributed by atoms with van der Waals surface area (Å²) in [6.07, 6.45) is 0.683. The number of nitrogens with zero attached hydrogens (tertiary/aromatic N) is 1. The van der Waals surface area contributed by atoms with Crippen LogP contribution in [-0.2, 0) is 6.42 Å². The molecule has 0 aliphatic heterocycles. The van der Waals surface area contributed by atoms with Crippen LogP contribution < -0.4 is 5.73 Å². The average Bonchev–Trinajstić information content (AvgIpc) is 2.16. The highest BCUT2D eigenvalue weighted by Gasteiger charge is 2.07. The molecule has 0 unspecified atom stereocenters. The maximum atomic E-state index is 13.5. The number of nitrogen functional groups attached to an aromatic ring is 1. The molecule has 0 amide bonds. The van der Waals surface area contributed by atoms with Crippen molar-refractivity contribution in [3.63, 3.8) is 0 Å². The first-order valence-electron chi connectivity index (χ1n) is 4.56. The van der Waals surface area contributed by atoms with Crippen molar-refractivity contribution >= 4 is 16.6 Å². The zero-order valence-corrected chi connectivity index (χ0v) is 7.92. The summed E-state index contributed by atoms with van der Waals surface area (Å²) in [5.74, 6) is 0.215. The number of hydrogen-bond donors (Lipinski definition) is 1. The van der Waals surface area contributed by atoms with Crippen molar-refractivity contribution in [3.05, 3.63) is 35.8 Å². The Hall–Kier alpha value is -1.64. The molecule has 1 heterocycles. The number of pyridine rings is 1. The molecular formula is C11H11FN2. The Morgan fingerprint density at radius 1 is 1.43 bits per heavy atom. The molecule has 72 valence electrons. The third-order valence-electron chi connectivity index (χ3n) is 2.24. The van der Waals surface area contributed by atoms with Crippen LogP contribution in [-0.4, -0.2) is 4.98 Å². The molecule has 0 atom stereocenters. The molecule has 14 heavy (non-hydrogen) atoms. The molecule has 2 rings (SSSR count). The number of fused-ring (bicyclic) bond motifs is 1. The fourth-order valence-corrected chi connectivity index (χ4v) is 1.62. The Labute approximate surface area is 81.6 Å². The topological polar surface area (TPSA) is 38.9 Å². The van der Waals surface area contributed by atoms with Crippen molar-refractivity contribution in [2.75, 3.05) is 5.73 Å². The zero-order chi connectivity index (χ0) is 10.1. The first-order chi connectivity index (χ1) is 6.72. The Morgan fingerprint density at radius 2 is 2.21 bits per heavy atom. The van der Waals surface area contributed by atoms with E-state index in [4.69, 9.17) is 5.73 Å². The number of hydrogen-bond acceptors (Lipinski definition) is 2. The lowest BCUT2D eigenvalue weighted by Gasteiger charge is -2.05. The van der Waals surface area contributed by atoms with Gasteiger partial charge in [0.05, 0.1) is 5.69 Å². The van der Waals surface area contributed by atoms with Crippen LogP contribution in [0.25, 0.3) is 10.8 Å². The SMILES string of the molecule is CCc1nc(N)cc2cccc(F)c12. The van der Waals surface area contributed by atoms with Crippen molar-refractivity contribution < 1.29 is 4.39 Å². The molecule has 0 saturated heterocycles. The van der Waals surface area contributed by atoms with E-state index in [1.54, 1.807) is 12.1 Å². The van der Waals surface area contributed by atoms with Crippen molar-refractivity contribution in [1.29, 1.82) is 0 Å². The van der Waals surface area contributed by atoms with E-state index in [1.807, 2.05) is 13.0 Å². The summed E-state index contributed by atoms with van der Waals surface area (Å²) in [7, 11) is 0. The maximum Gasteiger partial charge on any atom is 0.132 e. The minimum atomic E-state index is -0.230. The Bertz CT molecular complexity index is 480. The standard InChI is InChI=1S/C11H11FN2/c1-2-9-11-7(6-10(13)14-9)4-3-5-8(11)12/h3-6H,2H2,1H3,(H2,13,14). The minimum Gasteiger partial charge on any atom is -0.384 e. The molecule has 3 heteroatoms. The van der Waals surface area contributed by atoms with Crippen LogP contribution in [0.2, 0.25) is 0 Å². The Kier molecular flexibility index (Phi) is 2.08. The van der Waals surface area contributed by atoms with Gasteiger partial charge in [0.25, 0.3) is 0 Å². The number of halogens is 1. The van der Waals surface area contributed by atoms with Gasteiger partial charge in [0.2, 0.25) is 0 Å². The fraction of sp³-hybridized carbons (Fsp3) is 0.182. The minimum absolute atomic E-state index is 0.230. The van der Waals surface area contributed by atoms with Crippen LogP contribution in [0.3, 0.4) is 0 Å². The summed E-state index contributed by atoms with van der Waals surface area (Å²) < 4.78 is 13.5. The van der Waals surface area contributed by atoms with Crippen LogP contribution in [0.5, 0.6) is 0 Å². The molecular weight excluding hydrogens is 179 g/mol. The van der Waals surface area contributed by atoms with Gasteiger partial charge < -0.3 is 5.73 Å². The van der Waals surface area contributed by atoms with Crippen LogP contribution in [0.1, 0.15) is 12.6 Å². The van der Waals surface area contributed by atoms with Gasteiger partial charge in [-0.3, -0.25) is 0 Å². The third-order valence-corrected chi connectivity index (χ3v) is 2.24. The van der Waals surface area contributed by atoms with Crippen molar-refractivity contribution in [3.8, 4) is 0 Å². The van der Waals surface area contributed by atoms with Crippen molar-refractivity contribution in [2.24, 2.45) is 0 Å². The van der Waals surface area contributed by atoms with Gasteiger partial charge in [-0.25, -0.2) is 9.37 Å². The maximum absolute atomic E-state index is 13.5. The number of aromatic nitrogens is 1. The van der Waals surface area contributed by atoms with E-state index in [0.717, 1.165) is 11.1 Å². The largest absolute Gasteiger partial charge is 0.384 e. The van der Waals surface area contributed by atoms with Crippen LogP contribution >= 0.6 is 0 Å². The lowest BCUT2D eigenvalue weighted by Crippen LogP contribution is -1.97. The van der Waals surface area contributed by atoms with Crippen molar-refractivity contribution in [2.45, 2.75) is 13.3 Å². The van der Waals surface area contributed by atoms with Crippen LogP contribution in [0, 0.1) is 5.82 Å². The second-order valence-electron chi connectivity index (χ2n) is 3.19. The third kappa shape index (κ3) is 1.31. The highest BCUT2D eigenvalue weighted by Crippen LogP contribution is 2.22. The van der Waals surface area contributed by atoms with Gasteiger partial charge in [-0.1, -0.05) is 19.1 Å². The summed E-state index contributed by atoms with van der Waals surface area (Å²) in [6.45, 7) is 1.94. The van der Waals surface area contributed by atoms with Gasteiger partial charge in [-0.05, 0) is 23.9 Å². The van der Waals surface area contributed by atoms with E-state index in [1.165, 1.54) is 6.07 Å². The molecule has 2 N–H and O–H groups in total. The lowest BCUT2D eigenvalue weighted by atomic mass is 10.1. The van der Waals surface area contributed by atoms with E-state index in [-0.39, 0.29) is 5.82 Å². The lowest BCUT2D eigenvalue weighted by molar-refractivity contribution is 0.638. The summed E-state index contributed by atoms with van der Waals surface area (Å²) in [6, 6.07) is 6.66. The van der Waals surface area contributed by atoms with E-state index < -0.39 is 0 Å². The number of nitrogens with two attached hydrogens (primary N) is 1. The number of benzene rings is 1. The number of anilines is 1. The predicted octanol–water partition coefficient (Wildman–Crippen LogP) is 2.52. The number of rotatable bonds is 1. The molecule has 1 aromatic carbocycles. The van der Waals surface area contributed by atoms with E-state index >= 15 is 0 Å². The molecule has 0 bridgehead atoms. The molecule has 0 aliphatic carbocycles. The predicted molar refractivity (Wildman–Crippen MR) is 55.5 cm³/mol. The Morgan fingerprint density at radius 3 is 2.93 bits per heavy atom. The van der Waals surface area contributed by atoms with Gasteiger partial charge in [-0.15, -0.1) is 0 Å². The first kappa shape index (κ1) is 8.94. The molecule has 2 aromatic rings. The molecule has 0 saturated carbocycles. The quantitative estimate of drug-likeness (QED) is 0.750. The summed E-state index contributed by atoms with van der Waals surface area (Å²) in [4.78, 5) is 4.12. The first-order valence-corrected chi connectivity index (χ1v) is 4.56. The van der Waals surface area contributed by atoms with Gasteiger partial charge in [-0.2, -0.15) is 0 Å². The second kappa shape index (κ2) is 3.25. The van der Waals surface area contributed by atoms with Gasteiger partial charge in [0.1, 0.15) is 11.6 Å². The molecule has 0 aliphatic rings.